The van der Waals surface area contributed by atoms with Crippen molar-refractivity contribution in [3.8, 4) is 5.75 Å². The van der Waals surface area contributed by atoms with Crippen molar-refractivity contribution in [2.75, 3.05) is 16.2 Å². The third-order valence-electron chi connectivity index (χ3n) is 5.50. The Labute approximate surface area is 225 Å². The summed E-state index contributed by atoms with van der Waals surface area (Å²) < 4.78 is 100. The third kappa shape index (κ3) is 6.26. The molecule has 40 heavy (non-hydrogen) atoms. The lowest BCUT2D eigenvalue weighted by Gasteiger charge is -2.35. The van der Waals surface area contributed by atoms with Crippen LogP contribution < -0.4 is 19.1 Å². The number of aromatic nitrogens is 1. The zero-order chi connectivity index (χ0) is 29.3. The number of amides is 2. The standard InChI is InChI=1S/C23H19F3N4O8S2/c24-23(25,26)14-3-1-4-17(9-14)40(36,37)30-13-16(38-20-7-6-15(10-19(20)30)28-22(32)33)11-21(31)29-39(34,35)18-5-2-8-27-12-18/h1-10,12,16,28H,11,13H2,(H,29,31)(H,32,33). The Morgan fingerprint density at radius 2 is 1.77 bits per heavy atom. The predicted molar refractivity (Wildman–Crippen MR) is 133 cm³/mol. The van der Waals surface area contributed by atoms with Gasteiger partial charge in [0, 0.05) is 18.1 Å². The number of nitrogens with one attached hydrogen (secondary N) is 2. The normalized spacial score (nSPS) is 15.5. The molecule has 1 aliphatic heterocycles. The zero-order valence-electron chi connectivity index (χ0n) is 20.0. The molecule has 0 spiro atoms. The van der Waals surface area contributed by atoms with Gasteiger partial charge < -0.3 is 9.84 Å². The maximum atomic E-state index is 13.6. The summed E-state index contributed by atoms with van der Waals surface area (Å²) in [7, 11) is -9.04. The third-order valence-corrected chi connectivity index (χ3v) is 8.63. The second-order valence-corrected chi connectivity index (χ2v) is 11.9. The first-order valence-corrected chi connectivity index (χ1v) is 14.1. The Morgan fingerprint density at radius 1 is 1.05 bits per heavy atom. The number of halogens is 3. The van der Waals surface area contributed by atoms with Crippen LogP contribution in [0.15, 0.2) is 76.8 Å². The lowest BCUT2D eigenvalue weighted by Crippen LogP contribution is -2.46. The maximum Gasteiger partial charge on any atom is 0.416 e. The minimum Gasteiger partial charge on any atom is -0.486 e. The Morgan fingerprint density at radius 3 is 2.42 bits per heavy atom. The van der Waals surface area contributed by atoms with Crippen LogP contribution in [-0.4, -0.2) is 51.6 Å². The summed E-state index contributed by atoms with van der Waals surface area (Å²) in [6.07, 6.45) is -5.92. The van der Waals surface area contributed by atoms with Crippen LogP contribution in [0, 0.1) is 0 Å². The van der Waals surface area contributed by atoms with Gasteiger partial charge in [0.15, 0.2) is 0 Å². The Kier molecular flexibility index (Phi) is 7.62. The highest BCUT2D eigenvalue weighted by Gasteiger charge is 2.38. The molecule has 0 bridgehead atoms. The highest BCUT2D eigenvalue weighted by Crippen LogP contribution is 2.40. The van der Waals surface area contributed by atoms with Crippen LogP contribution in [0.25, 0.3) is 0 Å². The van der Waals surface area contributed by atoms with E-state index in [1.165, 1.54) is 30.5 Å². The Hall–Kier alpha value is -4.38. The SMILES string of the molecule is O=C(O)Nc1ccc2c(c1)N(S(=O)(=O)c1cccc(C(F)(F)F)c1)CC(CC(=O)NS(=O)(=O)c1cccnc1)O2. The van der Waals surface area contributed by atoms with E-state index >= 15 is 0 Å². The lowest BCUT2D eigenvalue weighted by atomic mass is 10.1. The molecular weight excluding hydrogens is 581 g/mol. The van der Waals surface area contributed by atoms with Crippen LogP contribution in [0.5, 0.6) is 5.75 Å². The van der Waals surface area contributed by atoms with E-state index in [1.807, 2.05) is 10.0 Å². The first-order chi connectivity index (χ1) is 18.7. The fraction of sp³-hybridized carbons (Fsp3) is 0.174. The minimum atomic E-state index is -4.84. The van der Waals surface area contributed by atoms with Gasteiger partial charge in [-0.25, -0.2) is 26.4 Å². The summed E-state index contributed by atoms with van der Waals surface area (Å²) in [6.45, 7) is -0.623. The predicted octanol–water partition coefficient (Wildman–Crippen LogP) is 3.04. The van der Waals surface area contributed by atoms with Crippen LogP contribution in [0.2, 0.25) is 0 Å². The summed E-state index contributed by atoms with van der Waals surface area (Å²) >= 11 is 0. The van der Waals surface area contributed by atoms with Gasteiger partial charge in [-0.3, -0.25) is 19.4 Å². The summed E-state index contributed by atoms with van der Waals surface area (Å²) in [4.78, 5) is 26.3. The number of benzene rings is 2. The fourth-order valence-electron chi connectivity index (χ4n) is 3.77. The van der Waals surface area contributed by atoms with E-state index in [0.29, 0.717) is 16.4 Å². The van der Waals surface area contributed by atoms with Gasteiger partial charge in [0.1, 0.15) is 16.7 Å². The topological polar surface area (TPSA) is 172 Å². The summed E-state index contributed by atoms with van der Waals surface area (Å²) in [6, 6.07) is 9.05. The van der Waals surface area contributed by atoms with Crippen molar-refractivity contribution in [2.24, 2.45) is 0 Å². The van der Waals surface area contributed by atoms with Crippen molar-refractivity contribution in [1.82, 2.24) is 9.71 Å². The number of hydrogen-bond acceptors (Lipinski definition) is 8. The minimum absolute atomic E-state index is 0.0714. The van der Waals surface area contributed by atoms with E-state index < -0.39 is 67.8 Å². The molecule has 0 aliphatic carbocycles. The molecule has 212 valence electrons. The molecule has 17 heteroatoms. The number of sulfonamides is 2. The van der Waals surface area contributed by atoms with Gasteiger partial charge in [0.25, 0.3) is 20.0 Å². The van der Waals surface area contributed by atoms with Crippen LogP contribution in [-0.2, 0) is 31.0 Å². The molecule has 1 atom stereocenters. The molecule has 2 amide bonds. The molecule has 0 saturated carbocycles. The second-order valence-electron chi connectivity index (χ2n) is 8.34. The zero-order valence-corrected chi connectivity index (χ0v) is 21.6. The number of anilines is 2. The number of nitrogens with zero attached hydrogens (tertiary/aromatic N) is 2. The number of fused-ring (bicyclic) bond motifs is 1. The second kappa shape index (κ2) is 10.6. The molecule has 2 aromatic carbocycles. The van der Waals surface area contributed by atoms with Gasteiger partial charge >= 0.3 is 12.3 Å². The Bertz CT molecular complexity index is 1670. The van der Waals surface area contributed by atoms with E-state index in [1.54, 1.807) is 0 Å². The average molecular weight is 601 g/mol. The summed E-state index contributed by atoms with van der Waals surface area (Å²) in [5.41, 5.74) is -1.51. The van der Waals surface area contributed by atoms with E-state index in [-0.39, 0.29) is 22.0 Å². The maximum absolute atomic E-state index is 13.6. The molecule has 1 unspecified atom stereocenters. The van der Waals surface area contributed by atoms with Gasteiger partial charge in [-0.1, -0.05) is 6.07 Å². The number of carboxylic acid groups (broad SMARTS) is 1. The Balaban J connectivity index is 1.68. The van der Waals surface area contributed by atoms with Crippen LogP contribution in [0.3, 0.4) is 0 Å². The summed E-state index contributed by atoms with van der Waals surface area (Å²) in [5, 5.41) is 11.1. The van der Waals surface area contributed by atoms with Crippen molar-refractivity contribution in [3.05, 3.63) is 72.6 Å². The molecule has 0 saturated heterocycles. The smallest absolute Gasteiger partial charge is 0.416 e. The van der Waals surface area contributed by atoms with E-state index in [0.717, 1.165) is 24.4 Å². The van der Waals surface area contributed by atoms with Gasteiger partial charge in [-0.15, -0.1) is 0 Å². The van der Waals surface area contributed by atoms with Gasteiger partial charge in [0.2, 0.25) is 5.91 Å². The van der Waals surface area contributed by atoms with Gasteiger partial charge in [-0.05, 0) is 48.5 Å². The number of alkyl halides is 3. The summed E-state index contributed by atoms with van der Waals surface area (Å²) in [5.74, 6) is -1.21. The molecule has 3 N–H and O–H groups in total. The monoisotopic (exact) mass is 600 g/mol. The number of carbonyl (C=O) groups excluding carboxylic acids is 1. The first-order valence-electron chi connectivity index (χ1n) is 11.1. The number of pyridine rings is 1. The largest absolute Gasteiger partial charge is 0.486 e. The van der Waals surface area contributed by atoms with Crippen molar-refractivity contribution in [1.29, 1.82) is 0 Å². The van der Waals surface area contributed by atoms with E-state index in [9.17, 15) is 39.6 Å². The fourth-order valence-corrected chi connectivity index (χ4v) is 6.27. The molecule has 1 aliphatic rings. The van der Waals surface area contributed by atoms with Crippen LogP contribution in [0.4, 0.5) is 29.3 Å². The van der Waals surface area contributed by atoms with E-state index in [4.69, 9.17) is 9.84 Å². The molecule has 1 aromatic heterocycles. The number of rotatable bonds is 7. The number of ether oxygens (including phenoxy) is 1. The molecule has 0 fully saturated rings. The molecule has 4 rings (SSSR count). The van der Waals surface area contributed by atoms with Crippen LogP contribution in [0.1, 0.15) is 12.0 Å². The van der Waals surface area contributed by atoms with Gasteiger partial charge in [0.05, 0.1) is 29.1 Å². The molecule has 2 heterocycles. The molecule has 0 radical (unpaired) electrons. The molecular formula is C23H19F3N4O8S2. The van der Waals surface area contributed by atoms with Crippen LogP contribution >= 0.6 is 0 Å². The first kappa shape index (κ1) is 28.6. The number of hydrogen-bond donors (Lipinski definition) is 3. The average Bonchev–Trinajstić information content (AvgIpc) is 2.88. The van der Waals surface area contributed by atoms with Crippen molar-refractivity contribution >= 4 is 43.4 Å². The molecule has 12 nitrogen and oxygen atoms in total. The van der Waals surface area contributed by atoms with E-state index in [2.05, 4.69) is 4.98 Å². The quantitative estimate of drug-likeness (QED) is 0.369. The number of carbonyl (C=O) groups is 2. The van der Waals surface area contributed by atoms with Gasteiger partial charge in [-0.2, -0.15) is 13.2 Å². The van der Waals surface area contributed by atoms with Crippen molar-refractivity contribution in [3.63, 3.8) is 0 Å². The molecule has 3 aromatic rings. The lowest BCUT2D eigenvalue weighted by molar-refractivity contribution is -0.137. The highest BCUT2D eigenvalue weighted by atomic mass is 32.2. The van der Waals surface area contributed by atoms with Crippen molar-refractivity contribution in [2.45, 2.75) is 28.5 Å². The highest BCUT2D eigenvalue weighted by molar-refractivity contribution is 7.92. The van der Waals surface area contributed by atoms with Crippen molar-refractivity contribution < 1.29 is 49.4 Å².